The van der Waals surface area contributed by atoms with Gasteiger partial charge in [0.05, 0.1) is 18.6 Å². The molecule has 2 aromatic rings. The average Bonchev–Trinajstić information content (AvgIpc) is 3.65. The van der Waals surface area contributed by atoms with Crippen LogP contribution in [0.5, 0.6) is 0 Å². The lowest BCUT2D eigenvalue weighted by atomic mass is 10.0. The lowest BCUT2D eigenvalue weighted by molar-refractivity contribution is -0.191. The zero-order valence-electron chi connectivity index (χ0n) is 20.8. The average molecular weight is 492 g/mol. The highest BCUT2D eigenvalue weighted by Gasteiger charge is 2.44. The van der Waals surface area contributed by atoms with Crippen molar-refractivity contribution < 1.29 is 19.2 Å². The number of hydrogen-bond acceptors (Lipinski definition) is 5. The molecule has 1 atom stereocenters. The van der Waals surface area contributed by atoms with Crippen LogP contribution in [0.2, 0.25) is 0 Å². The van der Waals surface area contributed by atoms with E-state index in [1.54, 1.807) is 16.0 Å². The molecule has 2 saturated heterocycles. The molecule has 0 radical (unpaired) electrons. The summed E-state index contributed by atoms with van der Waals surface area (Å²) < 4.78 is 2.16. The Morgan fingerprint density at radius 3 is 2.67 bits per heavy atom. The number of aryl methyl sites for hydroxylation is 1. The number of aromatic nitrogens is 1. The van der Waals surface area contributed by atoms with Crippen molar-refractivity contribution in [3.63, 3.8) is 0 Å². The van der Waals surface area contributed by atoms with Gasteiger partial charge in [-0.25, -0.2) is 5.01 Å². The van der Waals surface area contributed by atoms with Crippen molar-refractivity contribution in [2.75, 3.05) is 26.2 Å². The molecule has 1 aliphatic carbocycles. The number of Topliss-reactive ketones (excluding diaryl/α,β-unsaturated/α-hetero) is 1. The van der Waals surface area contributed by atoms with Gasteiger partial charge in [-0.3, -0.25) is 24.2 Å². The molecule has 0 spiro atoms. The largest absolute Gasteiger partial charge is 0.346 e. The molecule has 1 unspecified atom stereocenters. The van der Waals surface area contributed by atoms with Crippen LogP contribution in [0.15, 0.2) is 37.1 Å². The normalized spacial score (nSPS) is 20.7. The minimum absolute atomic E-state index is 0.0383. The summed E-state index contributed by atoms with van der Waals surface area (Å²) in [5.41, 5.74) is 2.72. The molecule has 9 heteroatoms. The van der Waals surface area contributed by atoms with Gasteiger partial charge in [0, 0.05) is 42.7 Å². The molecule has 1 aromatic heterocycles. The van der Waals surface area contributed by atoms with E-state index >= 15 is 0 Å². The molecule has 1 aromatic carbocycles. The molecular formula is C27H33N5O4. The zero-order chi connectivity index (χ0) is 25.4. The zero-order valence-corrected chi connectivity index (χ0v) is 20.8. The molecule has 9 nitrogen and oxygen atoms in total. The van der Waals surface area contributed by atoms with Gasteiger partial charge in [0.25, 0.3) is 0 Å². The summed E-state index contributed by atoms with van der Waals surface area (Å²) in [5, 5.41) is 4.09. The Morgan fingerprint density at radius 1 is 1.17 bits per heavy atom. The van der Waals surface area contributed by atoms with Crippen LogP contribution in [0.3, 0.4) is 0 Å². The highest BCUT2D eigenvalue weighted by molar-refractivity contribution is 6.10. The third kappa shape index (κ3) is 4.32. The SMILES string of the molecule is C=CCN1CC(=O)N2CC(=O)N(Cc3cccc4c(C(=O)C5CC5)cn(CCCC)c34)CC2N1C=O. The third-order valence-corrected chi connectivity index (χ3v) is 7.43. The molecular weight excluding hydrogens is 458 g/mol. The third-order valence-electron chi connectivity index (χ3n) is 7.43. The Morgan fingerprint density at radius 2 is 1.97 bits per heavy atom. The summed E-state index contributed by atoms with van der Waals surface area (Å²) in [6, 6.07) is 5.95. The van der Waals surface area contributed by atoms with Crippen molar-refractivity contribution >= 4 is 34.9 Å². The van der Waals surface area contributed by atoms with E-state index in [0.717, 1.165) is 54.3 Å². The van der Waals surface area contributed by atoms with Crippen molar-refractivity contribution in [1.29, 1.82) is 0 Å². The summed E-state index contributed by atoms with van der Waals surface area (Å²) in [4.78, 5) is 54.1. The fourth-order valence-corrected chi connectivity index (χ4v) is 5.38. The maximum Gasteiger partial charge on any atom is 0.242 e. The number of carbonyl (C=O) groups is 4. The Kier molecular flexibility index (Phi) is 6.66. The van der Waals surface area contributed by atoms with E-state index in [9.17, 15) is 19.2 Å². The second-order valence-electron chi connectivity index (χ2n) is 9.94. The van der Waals surface area contributed by atoms with E-state index in [1.807, 2.05) is 24.4 Å². The summed E-state index contributed by atoms with van der Waals surface area (Å²) >= 11 is 0. The van der Waals surface area contributed by atoms with Gasteiger partial charge in [0.15, 0.2) is 5.78 Å². The van der Waals surface area contributed by atoms with Crippen LogP contribution in [0, 0.1) is 5.92 Å². The van der Waals surface area contributed by atoms with Crippen LogP contribution < -0.4 is 0 Å². The molecule has 190 valence electrons. The second-order valence-corrected chi connectivity index (χ2v) is 9.94. The maximum absolute atomic E-state index is 13.1. The van der Waals surface area contributed by atoms with Gasteiger partial charge in [0.1, 0.15) is 12.7 Å². The first-order valence-electron chi connectivity index (χ1n) is 12.8. The van der Waals surface area contributed by atoms with Gasteiger partial charge < -0.3 is 14.4 Å². The molecule has 3 aliphatic rings. The Hall–Kier alpha value is -3.46. The van der Waals surface area contributed by atoms with Crippen molar-refractivity contribution in [2.45, 2.75) is 51.9 Å². The minimum atomic E-state index is -0.556. The van der Waals surface area contributed by atoms with Crippen molar-refractivity contribution in [2.24, 2.45) is 5.92 Å². The molecule has 3 heterocycles. The fraction of sp³-hybridized carbons (Fsp3) is 0.481. The van der Waals surface area contributed by atoms with Crippen molar-refractivity contribution in [3.05, 3.63) is 48.2 Å². The van der Waals surface area contributed by atoms with Gasteiger partial charge in [0.2, 0.25) is 18.2 Å². The van der Waals surface area contributed by atoms with E-state index in [4.69, 9.17) is 0 Å². The molecule has 1 saturated carbocycles. The van der Waals surface area contributed by atoms with Crippen LogP contribution >= 0.6 is 0 Å². The minimum Gasteiger partial charge on any atom is -0.346 e. The number of amides is 3. The summed E-state index contributed by atoms with van der Waals surface area (Å²) in [6.45, 7) is 7.57. The molecule has 5 rings (SSSR count). The predicted molar refractivity (Wildman–Crippen MR) is 134 cm³/mol. The maximum atomic E-state index is 13.1. The van der Waals surface area contributed by atoms with Gasteiger partial charge >= 0.3 is 0 Å². The van der Waals surface area contributed by atoms with Gasteiger partial charge in [-0.2, -0.15) is 0 Å². The number of piperazine rings is 1. The number of benzene rings is 1. The van der Waals surface area contributed by atoms with Crippen LogP contribution in [-0.4, -0.2) is 80.7 Å². The Bertz CT molecular complexity index is 1220. The van der Waals surface area contributed by atoms with Gasteiger partial charge in [-0.1, -0.05) is 37.6 Å². The van der Waals surface area contributed by atoms with Crippen LogP contribution in [0.4, 0.5) is 0 Å². The molecule has 3 fully saturated rings. The fourth-order valence-electron chi connectivity index (χ4n) is 5.38. The number of hydrazine groups is 1. The lowest BCUT2D eigenvalue weighted by Gasteiger charge is -2.51. The summed E-state index contributed by atoms with van der Waals surface area (Å²) in [6.07, 6.45) is 7.73. The van der Waals surface area contributed by atoms with Crippen molar-refractivity contribution in [3.8, 4) is 0 Å². The molecule has 0 N–H and O–H groups in total. The number of carbonyl (C=O) groups excluding carboxylic acids is 4. The first kappa shape index (κ1) is 24.2. The van der Waals surface area contributed by atoms with E-state index < -0.39 is 6.17 Å². The molecule has 3 amide bonds. The topological polar surface area (TPSA) is 86.2 Å². The lowest BCUT2D eigenvalue weighted by Crippen LogP contribution is -2.71. The smallest absolute Gasteiger partial charge is 0.242 e. The molecule has 2 aliphatic heterocycles. The number of rotatable bonds is 10. The van der Waals surface area contributed by atoms with Crippen LogP contribution in [-0.2, 0) is 27.5 Å². The van der Waals surface area contributed by atoms with E-state index in [2.05, 4.69) is 18.1 Å². The number of ketones is 1. The summed E-state index contributed by atoms with van der Waals surface area (Å²) in [5.74, 6) is 0.0132. The second kappa shape index (κ2) is 9.89. The number of nitrogens with zero attached hydrogens (tertiary/aromatic N) is 5. The van der Waals surface area contributed by atoms with Crippen LogP contribution in [0.1, 0.15) is 48.5 Å². The predicted octanol–water partition coefficient (Wildman–Crippen LogP) is 2.41. The Balaban J connectivity index is 1.47. The number of hydrogen-bond donors (Lipinski definition) is 0. The van der Waals surface area contributed by atoms with Gasteiger partial charge in [-0.05, 0) is 24.8 Å². The standard InChI is InChI=1S/C27H33N5O4/c1-3-5-12-28-14-22(27(36)19-9-10-19)21-8-6-7-20(26(21)28)13-29-15-23-31(17-24(29)34)25(35)16-30(11-4-2)32(23)18-33/h4,6-8,14,18-19,23H,2-3,5,9-13,15-17H2,1H3. The molecule has 0 bridgehead atoms. The number of unbranched alkanes of at least 4 members (excludes halogenated alkanes) is 1. The van der Waals surface area contributed by atoms with Gasteiger partial charge in [-0.15, -0.1) is 6.58 Å². The van der Waals surface area contributed by atoms with E-state index in [1.165, 1.54) is 9.91 Å². The summed E-state index contributed by atoms with van der Waals surface area (Å²) in [7, 11) is 0. The quantitative estimate of drug-likeness (QED) is 0.289. The molecule has 36 heavy (non-hydrogen) atoms. The first-order chi connectivity index (χ1) is 17.5. The monoisotopic (exact) mass is 491 g/mol. The number of fused-ring (bicyclic) bond motifs is 2. The van der Waals surface area contributed by atoms with E-state index in [0.29, 0.717) is 19.5 Å². The van der Waals surface area contributed by atoms with E-state index in [-0.39, 0.29) is 43.1 Å². The first-order valence-corrected chi connectivity index (χ1v) is 12.8. The van der Waals surface area contributed by atoms with Crippen LogP contribution in [0.25, 0.3) is 10.9 Å². The number of para-hydroxylation sites is 1. The Labute approximate surface area is 210 Å². The highest BCUT2D eigenvalue weighted by atomic mass is 16.2. The highest BCUT2D eigenvalue weighted by Crippen LogP contribution is 2.36. The van der Waals surface area contributed by atoms with Crippen molar-refractivity contribution in [1.82, 2.24) is 24.4 Å².